The summed E-state index contributed by atoms with van der Waals surface area (Å²) in [6.45, 7) is 9.45. The van der Waals surface area contributed by atoms with E-state index in [1.807, 2.05) is 0 Å². The molecule has 0 radical (unpaired) electrons. The zero-order valence-electron chi connectivity index (χ0n) is 13.0. The maximum Gasteiger partial charge on any atom is 0.0883 e. The maximum absolute atomic E-state index is 3.61. The van der Waals surface area contributed by atoms with Crippen molar-refractivity contribution in [3.05, 3.63) is 47.7 Å². The van der Waals surface area contributed by atoms with E-state index < -0.39 is 8.07 Å². The molecule has 1 rings (SSSR count). The van der Waals surface area contributed by atoms with E-state index in [1.54, 1.807) is 0 Å². The second-order valence-electron chi connectivity index (χ2n) is 6.19. The second-order valence-corrected chi connectivity index (χ2v) is 11.2. The van der Waals surface area contributed by atoms with Gasteiger partial charge in [-0.2, -0.15) is 0 Å². The van der Waals surface area contributed by atoms with Crippen LogP contribution in [0.25, 0.3) is 5.20 Å². The largest absolute Gasteiger partial charge is 0.126 e. The molecule has 0 bridgehead atoms. The summed E-state index contributed by atoms with van der Waals surface area (Å²) in [7, 11) is -1.33. The minimum absolute atomic E-state index is 1.17. The van der Waals surface area contributed by atoms with Gasteiger partial charge in [0.1, 0.15) is 0 Å². The van der Waals surface area contributed by atoms with E-state index in [1.165, 1.54) is 42.9 Å². The molecule has 104 valence electrons. The van der Waals surface area contributed by atoms with Crippen molar-refractivity contribution in [1.29, 1.82) is 0 Å². The van der Waals surface area contributed by atoms with Crippen LogP contribution in [0.1, 0.15) is 44.6 Å². The van der Waals surface area contributed by atoms with Crippen molar-refractivity contribution in [3.63, 3.8) is 0 Å². The first-order valence-corrected chi connectivity index (χ1v) is 11.1. The molecule has 0 spiro atoms. The topological polar surface area (TPSA) is 0 Å². The van der Waals surface area contributed by atoms with Gasteiger partial charge in [0.25, 0.3) is 0 Å². The fourth-order valence-corrected chi connectivity index (χ4v) is 3.75. The molecule has 0 aromatic heterocycles. The van der Waals surface area contributed by atoms with E-state index in [-0.39, 0.29) is 0 Å². The van der Waals surface area contributed by atoms with Crippen molar-refractivity contribution < 1.29 is 0 Å². The molecule has 0 fully saturated rings. The normalized spacial score (nSPS) is 10.9. The predicted octanol–water partition coefficient (Wildman–Crippen LogP) is 6.07. The molecule has 0 nitrogen and oxygen atoms in total. The van der Waals surface area contributed by atoms with E-state index in [0.717, 1.165) is 0 Å². The summed E-state index contributed by atoms with van der Waals surface area (Å²) in [6, 6.07) is 10.8. The van der Waals surface area contributed by atoms with Crippen LogP contribution < -0.4 is 0 Å². The molecule has 0 aliphatic heterocycles. The van der Waals surface area contributed by atoms with Crippen LogP contribution in [0.4, 0.5) is 0 Å². The lowest BCUT2D eigenvalue weighted by molar-refractivity contribution is 0.675. The van der Waals surface area contributed by atoms with Gasteiger partial charge in [-0.3, -0.25) is 0 Å². The van der Waals surface area contributed by atoms with E-state index in [2.05, 4.69) is 68.7 Å². The highest BCUT2D eigenvalue weighted by Crippen LogP contribution is 2.24. The summed E-state index contributed by atoms with van der Waals surface area (Å²) in [5.74, 6) is 0. The molecule has 0 heterocycles. The maximum atomic E-state index is 3.61. The van der Waals surface area contributed by atoms with Crippen LogP contribution in [0.5, 0.6) is 0 Å². The Kier molecular flexibility index (Phi) is 6.90. The number of hydrogen-bond donors (Lipinski definition) is 0. The lowest BCUT2D eigenvalue weighted by Crippen LogP contribution is -2.22. The Hall–Kier alpha value is -1.04. The zero-order chi connectivity index (χ0) is 14.1. The standard InChI is InChI=1S/C18H28Si/c1-5-6-7-8-9-13-16-18(19(2,3)4)17-14-11-10-12-15-17/h10-15H,5-9H2,1-4H3. The lowest BCUT2D eigenvalue weighted by atomic mass is 10.1. The zero-order valence-corrected chi connectivity index (χ0v) is 14.0. The summed E-state index contributed by atoms with van der Waals surface area (Å²) in [4.78, 5) is 0. The van der Waals surface area contributed by atoms with Gasteiger partial charge >= 0.3 is 0 Å². The molecule has 1 aromatic rings. The second kappa shape index (κ2) is 8.19. The first kappa shape index (κ1) is 16.0. The summed E-state index contributed by atoms with van der Waals surface area (Å²) < 4.78 is 0. The molecular weight excluding hydrogens is 244 g/mol. The average Bonchev–Trinajstić information content (AvgIpc) is 2.37. The molecule has 0 unspecified atom stereocenters. The molecule has 0 aliphatic rings. The number of hydrogen-bond acceptors (Lipinski definition) is 0. The Morgan fingerprint density at radius 1 is 1.05 bits per heavy atom. The predicted molar refractivity (Wildman–Crippen MR) is 90.0 cm³/mol. The number of allylic oxidation sites excluding steroid dienone is 1. The van der Waals surface area contributed by atoms with Crippen molar-refractivity contribution in [3.8, 4) is 0 Å². The Morgan fingerprint density at radius 2 is 1.74 bits per heavy atom. The third-order valence-corrected chi connectivity index (χ3v) is 5.19. The highest BCUT2D eigenvalue weighted by Gasteiger charge is 2.20. The molecule has 0 saturated heterocycles. The van der Waals surface area contributed by atoms with Crippen LogP contribution in [0, 0.1) is 0 Å². The molecule has 1 heteroatoms. The van der Waals surface area contributed by atoms with Crippen molar-refractivity contribution in [2.45, 2.75) is 58.7 Å². The molecule has 0 N–H and O–H groups in total. The van der Waals surface area contributed by atoms with Gasteiger partial charge in [-0.15, -0.1) is 5.73 Å². The van der Waals surface area contributed by atoms with Crippen molar-refractivity contribution >= 4 is 13.3 Å². The van der Waals surface area contributed by atoms with Crippen LogP contribution in [0.3, 0.4) is 0 Å². The number of rotatable bonds is 7. The molecule has 0 atom stereocenters. The van der Waals surface area contributed by atoms with Crippen LogP contribution in [0.2, 0.25) is 19.6 Å². The van der Waals surface area contributed by atoms with Gasteiger partial charge in [-0.05, 0) is 29.7 Å². The molecule has 0 saturated carbocycles. The van der Waals surface area contributed by atoms with E-state index in [0.29, 0.717) is 0 Å². The smallest absolute Gasteiger partial charge is 0.0883 e. The van der Waals surface area contributed by atoms with Gasteiger partial charge < -0.3 is 0 Å². The van der Waals surface area contributed by atoms with Crippen LogP contribution in [0.15, 0.2) is 42.1 Å². The Bertz CT molecular complexity index is 417. The number of unbranched alkanes of at least 4 members (excludes halogenated alkanes) is 4. The minimum Gasteiger partial charge on any atom is -0.126 e. The highest BCUT2D eigenvalue weighted by atomic mass is 28.3. The van der Waals surface area contributed by atoms with E-state index >= 15 is 0 Å². The minimum atomic E-state index is -1.33. The van der Waals surface area contributed by atoms with Crippen molar-refractivity contribution in [2.75, 3.05) is 0 Å². The molecule has 0 amide bonds. The van der Waals surface area contributed by atoms with E-state index in [9.17, 15) is 0 Å². The van der Waals surface area contributed by atoms with Crippen molar-refractivity contribution in [1.82, 2.24) is 0 Å². The summed E-state index contributed by atoms with van der Waals surface area (Å²) in [5, 5.41) is 1.45. The van der Waals surface area contributed by atoms with Crippen LogP contribution >= 0.6 is 0 Å². The highest BCUT2D eigenvalue weighted by molar-refractivity contribution is 6.93. The first-order valence-electron chi connectivity index (χ1n) is 7.56. The van der Waals surface area contributed by atoms with Crippen molar-refractivity contribution in [2.24, 2.45) is 0 Å². The van der Waals surface area contributed by atoms with Gasteiger partial charge in [0, 0.05) is 0 Å². The Balaban J connectivity index is 2.78. The van der Waals surface area contributed by atoms with Gasteiger partial charge in [0.05, 0.1) is 8.07 Å². The SMILES string of the molecule is CCCCCCC=C=C(c1ccccc1)[Si](C)(C)C. The summed E-state index contributed by atoms with van der Waals surface area (Å²) >= 11 is 0. The lowest BCUT2D eigenvalue weighted by Gasteiger charge is -2.19. The molecule has 1 aromatic carbocycles. The summed E-state index contributed by atoms with van der Waals surface area (Å²) in [5.41, 5.74) is 4.96. The van der Waals surface area contributed by atoms with Gasteiger partial charge in [-0.25, -0.2) is 0 Å². The van der Waals surface area contributed by atoms with Gasteiger partial charge in [-0.1, -0.05) is 76.2 Å². The number of benzene rings is 1. The first-order chi connectivity index (χ1) is 9.05. The molecule has 0 aliphatic carbocycles. The van der Waals surface area contributed by atoms with E-state index in [4.69, 9.17) is 0 Å². The quantitative estimate of drug-likeness (QED) is 0.321. The van der Waals surface area contributed by atoms with Gasteiger partial charge in [0.15, 0.2) is 0 Å². The molecule has 19 heavy (non-hydrogen) atoms. The summed E-state index contributed by atoms with van der Waals surface area (Å²) in [6.07, 6.45) is 8.74. The fourth-order valence-electron chi connectivity index (χ4n) is 2.19. The average molecular weight is 273 g/mol. The van der Waals surface area contributed by atoms with Gasteiger partial charge in [0.2, 0.25) is 0 Å². The van der Waals surface area contributed by atoms with Crippen LogP contribution in [-0.4, -0.2) is 8.07 Å². The van der Waals surface area contributed by atoms with Crippen LogP contribution in [-0.2, 0) is 0 Å². The third kappa shape index (κ3) is 6.09. The Labute approximate surface area is 120 Å². The molecular formula is C18H28Si. The Morgan fingerprint density at radius 3 is 2.32 bits per heavy atom. The fraction of sp³-hybridized carbons (Fsp3) is 0.500. The monoisotopic (exact) mass is 272 g/mol. The third-order valence-electron chi connectivity index (χ3n) is 3.26.